The first-order valence-electron chi connectivity index (χ1n) is 5.59. The van der Waals surface area contributed by atoms with Crippen molar-refractivity contribution in [1.29, 1.82) is 5.26 Å². The molecule has 0 saturated heterocycles. The van der Waals surface area contributed by atoms with Gasteiger partial charge in [-0.1, -0.05) is 0 Å². The minimum Gasteiger partial charge on any atom is -0.496 e. The molecule has 0 aliphatic heterocycles. The Morgan fingerprint density at radius 3 is 2.33 bits per heavy atom. The van der Waals surface area contributed by atoms with Crippen molar-refractivity contribution in [3.05, 3.63) is 28.3 Å². The van der Waals surface area contributed by atoms with Gasteiger partial charge in [-0.3, -0.25) is 4.79 Å². The summed E-state index contributed by atoms with van der Waals surface area (Å²) in [5.41, 5.74) is 1.42. The molecule has 4 nitrogen and oxygen atoms in total. The van der Waals surface area contributed by atoms with E-state index in [2.05, 4.69) is 0 Å². The lowest BCUT2D eigenvalue weighted by atomic mass is 9.77. The third-order valence-electron chi connectivity index (χ3n) is 3.42. The number of hydrogen-bond donors (Lipinski definition) is 1. The summed E-state index contributed by atoms with van der Waals surface area (Å²) in [6, 6.07) is 3.67. The van der Waals surface area contributed by atoms with E-state index in [1.54, 1.807) is 20.1 Å². The normalized spacial score (nSPS) is 13.6. The predicted molar refractivity (Wildman–Crippen MR) is 67.8 cm³/mol. The van der Waals surface area contributed by atoms with Crippen LogP contribution in [0.2, 0.25) is 0 Å². The van der Waals surface area contributed by atoms with Crippen molar-refractivity contribution >= 4 is 5.97 Å². The van der Waals surface area contributed by atoms with Gasteiger partial charge in [-0.05, 0) is 56.0 Å². The van der Waals surface area contributed by atoms with Crippen molar-refractivity contribution in [2.24, 2.45) is 0 Å². The third kappa shape index (κ3) is 1.92. The number of nitrogens with zero attached hydrogens (tertiary/aromatic N) is 1. The summed E-state index contributed by atoms with van der Waals surface area (Å²) in [4.78, 5) is 11.4. The van der Waals surface area contributed by atoms with E-state index in [1.165, 1.54) is 6.92 Å². The summed E-state index contributed by atoms with van der Waals surface area (Å²) in [5.74, 6) is -0.430. The Bertz CT molecular complexity index is 543. The first-order valence-corrected chi connectivity index (χ1v) is 5.59. The Hall–Kier alpha value is -2.02. The molecule has 0 aromatic heterocycles. The van der Waals surface area contributed by atoms with Crippen LogP contribution in [0.5, 0.6) is 5.75 Å². The summed E-state index contributed by atoms with van der Waals surface area (Å²) in [6.07, 6.45) is 0. The molecule has 96 valence electrons. The van der Waals surface area contributed by atoms with Crippen LogP contribution in [-0.2, 0) is 10.2 Å². The molecule has 0 saturated carbocycles. The van der Waals surface area contributed by atoms with Gasteiger partial charge in [-0.2, -0.15) is 5.26 Å². The van der Waals surface area contributed by atoms with E-state index in [4.69, 9.17) is 4.74 Å². The number of benzene rings is 1. The van der Waals surface area contributed by atoms with E-state index in [-0.39, 0.29) is 0 Å². The minimum atomic E-state index is -1.54. The summed E-state index contributed by atoms with van der Waals surface area (Å²) < 4.78 is 5.24. The van der Waals surface area contributed by atoms with E-state index < -0.39 is 11.4 Å². The van der Waals surface area contributed by atoms with Crippen LogP contribution in [0.1, 0.15) is 29.2 Å². The highest BCUT2D eigenvalue weighted by molar-refractivity contribution is 5.86. The molecule has 1 aromatic carbocycles. The fourth-order valence-corrected chi connectivity index (χ4v) is 2.24. The maximum atomic E-state index is 11.4. The molecule has 0 bridgehead atoms. The fourth-order valence-electron chi connectivity index (χ4n) is 2.24. The number of carboxylic acid groups (broad SMARTS) is 1. The van der Waals surface area contributed by atoms with Crippen LogP contribution in [0.15, 0.2) is 6.07 Å². The molecule has 1 atom stereocenters. The summed E-state index contributed by atoms with van der Waals surface area (Å²) in [7, 11) is 1.57. The van der Waals surface area contributed by atoms with Crippen molar-refractivity contribution in [2.75, 3.05) is 7.11 Å². The van der Waals surface area contributed by atoms with E-state index in [0.29, 0.717) is 11.3 Å². The maximum Gasteiger partial charge on any atom is 0.328 e. The predicted octanol–water partition coefficient (Wildman–Crippen LogP) is 2.49. The summed E-state index contributed by atoms with van der Waals surface area (Å²) in [5, 5.41) is 18.5. The van der Waals surface area contributed by atoms with Crippen molar-refractivity contribution in [3.63, 3.8) is 0 Å². The van der Waals surface area contributed by atoms with Crippen molar-refractivity contribution in [2.45, 2.75) is 33.1 Å². The van der Waals surface area contributed by atoms with Crippen LogP contribution in [0.25, 0.3) is 0 Å². The number of carboxylic acids is 1. The standard InChI is InChI=1S/C14H17NO3/c1-8-6-11(18-5)9(2)10(3)12(8)14(4,7-15)13(16)17/h6H,1-5H3,(H,16,17). The third-order valence-corrected chi connectivity index (χ3v) is 3.42. The Labute approximate surface area is 107 Å². The molecule has 0 spiro atoms. The number of carbonyl (C=O) groups is 1. The topological polar surface area (TPSA) is 70.3 Å². The van der Waals surface area contributed by atoms with Crippen molar-refractivity contribution in [1.82, 2.24) is 0 Å². The van der Waals surface area contributed by atoms with Crippen LogP contribution >= 0.6 is 0 Å². The molecule has 18 heavy (non-hydrogen) atoms. The number of nitriles is 1. The van der Waals surface area contributed by atoms with Crippen LogP contribution in [0.4, 0.5) is 0 Å². The second kappa shape index (κ2) is 4.69. The largest absolute Gasteiger partial charge is 0.496 e. The zero-order valence-corrected chi connectivity index (χ0v) is 11.3. The van der Waals surface area contributed by atoms with Gasteiger partial charge < -0.3 is 9.84 Å². The Morgan fingerprint density at radius 1 is 1.39 bits per heavy atom. The van der Waals surface area contributed by atoms with Gasteiger partial charge >= 0.3 is 5.97 Å². The zero-order valence-electron chi connectivity index (χ0n) is 11.3. The van der Waals surface area contributed by atoms with E-state index in [9.17, 15) is 15.2 Å². The Balaban J connectivity index is 3.67. The van der Waals surface area contributed by atoms with E-state index in [0.717, 1.165) is 16.7 Å². The Morgan fingerprint density at radius 2 is 1.94 bits per heavy atom. The highest BCUT2D eigenvalue weighted by atomic mass is 16.5. The molecular formula is C14H17NO3. The smallest absolute Gasteiger partial charge is 0.328 e. The summed E-state index contributed by atoms with van der Waals surface area (Å²) >= 11 is 0. The molecule has 0 aliphatic carbocycles. The fraction of sp³-hybridized carbons (Fsp3) is 0.429. The zero-order chi connectivity index (χ0) is 14.1. The van der Waals surface area contributed by atoms with Gasteiger partial charge in [0.25, 0.3) is 0 Å². The van der Waals surface area contributed by atoms with Gasteiger partial charge in [-0.25, -0.2) is 0 Å². The SMILES string of the molecule is COc1cc(C)c(C(C)(C#N)C(=O)O)c(C)c1C. The average molecular weight is 247 g/mol. The van der Waals surface area contributed by atoms with E-state index >= 15 is 0 Å². The second-order valence-corrected chi connectivity index (χ2v) is 4.56. The van der Waals surface area contributed by atoms with Gasteiger partial charge in [0, 0.05) is 0 Å². The number of aliphatic carboxylic acids is 1. The van der Waals surface area contributed by atoms with Crippen molar-refractivity contribution in [3.8, 4) is 11.8 Å². The molecule has 0 aliphatic rings. The van der Waals surface area contributed by atoms with Gasteiger partial charge in [0.15, 0.2) is 5.41 Å². The first-order chi connectivity index (χ1) is 8.29. The van der Waals surface area contributed by atoms with Crippen LogP contribution in [0.3, 0.4) is 0 Å². The Kier molecular flexibility index (Phi) is 3.66. The van der Waals surface area contributed by atoms with Crippen molar-refractivity contribution < 1.29 is 14.6 Å². The molecule has 0 fully saturated rings. The number of rotatable bonds is 3. The quantitative estimate of drug-likeness (QED) is 0.890. The lowest BCUT2D eigenvalue weighted by Crippen LogP contribution is -2.32. The number of aryl methyl sites for hydroxylation is 1. The molecule has 4 heteroatoms. The number of hydrogen-bond acceptors (Lipinski definition) is 3. The molecular weight excluding hydrogens is 230 g/mol. The lowest BCUT2D eigenvalue weighted by molar-refractivity contribution is -0.141. The highest BCUT2D eigenvalue weighted by Crippen LogP contribution is 2.35. The van der Waals surface area contributed by atoms with E-state index in [1.807, 2.05) is 19.9 Å². The highest BCUT2D eigenvalue weighted by Gasteiger charge is 2.38. The second-order valence-electron chi connectivity index (χ2n) is 4.56. The van der Waals surface area contributed by atoms with Crippen LogP contribution in [0, 0.1) is 32.1 Å². The molecule has 1 aromatic rings. The molecule has 1 unspecified atom stereocenters. The molecule has 1 rings (SSSR count). The number of ether oxygens (including phenoxy) is 1. The number of methoxy groups -OCH3 is 1. The monoisotopic (exact) mass is 247 g/mol. The molecule has 0 amide bonds. The van der Waals surface area contributed by atoms with Gasteiger partial charge in [0.2, 0.25) is 0 Å². The first kappa shape index (κ1) is 14.0. The van der Waals surface area contributed by atoms with Crippen LogP contribution in [-0.4, -0.2) is 18.2 Å². The summed E-state index contributed by atoms with van der Waals surface area (Å²) in [6.45, 7) is 6.90. The van der Waals surface area contributed by atoms with Gasteiger partial charge in [-0.15, -0.1) is 0 Å². The maximum absolute atomic E-state index is 11.4. The molecule has 1 N–H and O–H groups in total. The van der Waals surface area contributed by atoms with Crippen LogP contribution < -0.4 is 4.74 Å². The molecule has 0 radical (unpaired) electrons. The van der Waals surface area contributed by atoms with Gasteiger partial charge in [0.05, 0.1) is 13.2 Å². The molecule has 0 heterocycles. The average Bonchev–Trinajstić information content (AvgIpc) is 2.33. The minimum absolute atomic E-state index is 0.552. The lowest BCUT2D eigenvalue weighted by Gasteiger charge is -2.24. The van der Waals surface area contributed by atoms with Gasteiger partial charge in [0.1, 0.15) is 5.75 Å².